The molecule has 0 aliphatic carbocycles. The first-order valence-corrected chi connectivity index (χ1v) is 7.79. The lowest BCUT2D eigenvalue weighted by Gasteiger charge is -2.37. The molecular weight excluding hydrogens is 320 g/mol. The molecule has 1 aromatic rings. The van der Waals surface area contributed by atoms with Gasteiger partial charge in [0.25, 0.3) is 0 Å². The Bertz CT molecular complexity index is 683. The number of allylic oxidation sites excluding steroid dienone is 2. The van der Waals surface area contributed by atoms with E-state index >= 15 is 0 Å². The van der Waals surface area contributed by atoms with Crippen LogP contribution in [0.5, 0.6) is 0 Å². The molecule has 1 N–H and O–H groups in total. The van der Waals surface area contributed by atoms with E-state index in [-0.39, 0.29) is 10.6 Å². The van der Waals surface area contributed by atoms with Crippen molar-refractivity contribution in [3.8, 4) is 0 Å². The highest BCUT2D eigenvalue weighted by Crippen LogP contribution is 2.33. The van der Waals surface area contributed by atoms with Crippen LogP contribution in [0.2, 0.25) is 5.02 Å². The van der Waals surface area contributed by atoms with E-state index < -0.39 is 17.7 Å². The fourth-order valence-corrected chi connectivity index (χ4v) is 2.82. The van der Waals surface area contributed by atoms with Crippen LogP contribution in [0.3, 0.4) is 0 Å². The maximum absolute atomic E-state index is 14.2. The number of aliphatic imine (C=N–C) groups is 1. The monoisotopic (exact) mass is 339 g/mol. The zero-order valence-electron chi connectivity index (χ0n) is 13.5. The second-order valence-electron chi connectivity index (χ2n) is 5.40. The molecule has 0 radical (unpaired) electrons. The molecule has 1 aromatic carbocycles. The maximum atomic E-state index is 14.2. The van der Waals surface area contributed by atoms with E-state index in [2.05, 4.69) is 16.9 Å². The smallest absolute Gasteiger partial charge is 0.152 e. The lowest BCUT2D eigenvalue weighted by Crippen LogP contribution is -2.47. The number of amidine groups is 1. The average Bonchev–Trinajstić information content (AvgIpc) is 2.53. The summed E-state index contributed by atoms with van der Waals surface area (Å²) in [5.74, 6) is -0.554. The Kier molecular flexibility index (Phi) is 5.42. The Morgan fingerprint density at radius 3 is 2.74 bits per heavy atom. The summed E-state index contributed by atoms with van der Waals surface area (Å²) in [6.45, 7) is 10.7. The normalized spacial score (nSPS) is 19.0. The summed E-state index contributed by atoms with van der Waals surface area (Å²) >= 11 is 6.00. The Morgan fingerprint density at radius 2 is 2.09 bits per heavy atom. The lowest BCUT2D eigenvalue weighted by atomic mass is 10.0. The van der Waals surface area contributed by atoms with Crippen LogP contribution < -0.4 is 5.32 Å². The molecule has 0 saturated carbocycles. The molecule has 1 atom stereocenters. The van der Waals surface area contributed by atoms with Crippen molar-refractivity contribution < 1.29 is 8.78 Å². The van der Waals surface area contributed by atoms with Crippen molar-refractivity contribution in [2.24, 2.45) is 4.99 Å². The first-order chi connectivity index (χ1) is 10.9. The van der Waals surface area contributed by atoms with Gasteiger partial charge in [-0.1, -0.05) is 24.3 Å². The molecule has 0 spiro atoms. The molecule has 1 aliphatic rings. The summed E-state index contributed by atoms with van der Waals surface area (Å²) in [7, 11) is 0. The van der Waals surface area contributed by atoms with Gasteiger partial charge in [-0.05, 0) is 32.9 Å². The standard InChI is InChI=1S/C17H20ClF2N3/c1-5-10(2)22-17-11(3)21-8-9-23(17)12(4)15-13(19)6-7-14(20)16(15)18/h5-7,12,21H,3,8-9H2,1-2,4H3/b10-5-,22-17?. The van der Waals surface area contributed by atoms with Gasteiger partial charge < -0.3 is 10.2 Å². The fraction of sp³-hybridized carbons (Fsp3) is 0.353. The van der Waals surface area contributed by atoms with Gasteiger partial charge in [-0.2, -0.15) is 0 Å². The minimum atomic E-state index is -0.632. The molecule has 1 heterocycles. The number of rotatable bonds is 3. The molecule has 124 valence electrons. The molecular formula is C17H20ClF2N3. The van der Waals surface area contributed by atoms with Gasteiger partial charge in [0.15, 0.2) is 5.84 Å². The number of nitrogens with one attached hydrogen (secondary N) is 1. The summed E-state index contributed by atoms with van der Waals surface area (Å²) in [6, 6.07) is 1.65. The lowest BCUT2D eigenvalue weighted by molar-refractivity contribution is 0.314. The van der Waals surface area contributed by atoms with Crippen LogP contribution in [0.15, 0.2) is 41.2 Å². The highest BCUT2D eigenvalue weighted by molar-refractivity contribution is 6.31. The number of hydrogen-bond donors (Lipinski definition) is 1. The molecule has 1 fully saturated rings. The fourth-order valence-electron chi connectivity index (χ4n) is 2.51. The zero-order chi connectivity index (χ0) is 17.1. The highest BCUT2D eigenvalue weighted by Gasteiger charge is 2.29. The van der Waals surface area contributed by atoms with Gasteiger partial charge in [0.1, 0.15) is 11.6 Å². The van der Waals surface area contributed by atoms with E-state index in [0.29, 0.717) is 24.6 Å². The molecule has 3 nitrogen and oxygen atoms in total. The van der Waals surface area contributed by atoms with Gasteiger partial charge >= 0.3 is 0 Å². The zero-order valence-corrected chi connectivity index (χ0v) is 14.2. The first kappa shape index (κ1) is 17.5. The van der Waals surface area contributed by atoms with Crippen LogP contribution in [0, 0.1) is 11.6 Å². The van der Waals surface area contributed by atoms with Crippen molar-refractivity contribution >= 4 is 17.4 Å². The van der Waals surface area contributed by atoms with E-state index in [4.69, 9.17) is 11.6 Å². The summed E-state index contributed by atoms with van der Waals surface area (Å²) in [6.07, 6.45) is 1.87. The van der Waals surface area contributed by atoms with Crippen LogP contribution >= 0.6 is 11.6 Å². The number of piperazine rings is 1. The predicted molar refractivity (Wildman–Crippen MR) is 90.5 cm³/mol. The van der Waals surface area contributed by atoms with Gasteiger partial charge in [-0.25, -0.2) is 13.8 Å². The van der Waals surface area contributed by atoms with E-state index in [1.54, 1.807) is 6.92 Å². The number of nitrogens with zero attached hydrogens (tertiary/aromatic N) is 2. The molecule has 23 heavy (non-hydrogen) atoms. The van der Waals surface area contributed by atoms with Gasteiger partial charge in [0.05, 0.1) is 16.8 Å². The van der Waals surface area contributed by atoms with Crippen LogP contribution in [0.1, 0.15) is 32.4 Å². The van der Waals surface area contributed by atoms with Crippen molar-refractivity contribution in [2.45, 2.75) is 26.8 Å². The quantitative estimate of drug-likeness (QED) is 0.825. The van der Waals surface area contributed by atoms with Crippen molar-refractivity contribution in [1.82, 2.24) is 10.2 Å². The number of halogens is 3. The molecule has 0 amide bonds. The Labute approximate surface area is 140 Å². The Hall–Kier alpha value is -1.88. The van der Waals surface area contributed by atoms with Crippen molar-refractivity contribution in [2.75, 3.05) is 13.1 Å². The van der Waals surface area contributed by atoms with Crippen LogP contribution in [0.25, 0.3) is 0 Å². The van der Waals surface area contributed by atoms with Crippen molar-refractivity contribution in [3.63, 3.8) is 0 Å². The number of hydrogen-bond acceptors (Lipinski definition) is 2. The van der Waals surface area contributed by atoms with Crippen LogP contribution in [-0.4, -0.2) is 23.8 Å². The second kappa shape index (κ2) is 7.13. The molecule has 0 aromatic heterocycles. The summed E-state index contributed by atoms with van der Waals surface area (Å²) in [5, 5.41) is 2.95. The van der Waals surface area contributed by atoms with Gasteiger partial charge in [-0.3, -0.25) is 0 Å². The second-order valence-corrected chi connectivity index (χ2v) is 5.77. The molecule has 6 heteroatoms. The minimum Gasteiger partial charge on any atom is -0.381 e. The minimum absolute atomic E-state index is 0.132. The largest absolute Gasteiger partial charge is 0.381 e. The van der Waals surface area contributed by atoms with Crippen LogP contribution in [-0.2, 0) is 0 Å². The summed E-state index contributed by atoms with van der Waals surface area (Å²) < 4.78 is 28.0. The van der Waals surface area contributed by atoms with E-state index in [1.807, 2.05) is 24.8 Å². The number of benzene rings is 1. The van der Waals surface area contributed by atoms with E-state index in [1.165, 1.54) is 0 Å². The van der Waals surface area contributed by atoms with E-state index in [0.717, 1.165) is 17.8 Å². The van der Waals surface area contributed by atoms with Gasteiger partial charge in [0.2, 0.25) is 0 Å². The van der Waals surface area contributed by atoms with Crippen molar-refractivity contribution in [3.05, 3.63) is 58.4 Å². The average molecular weight is 340 g/mol. The SMILES string of the molecule is C=C1NCCN(C(C)c2c(F)ccc(F)c2Cl)C1=N/C(C)=C\C. The summed E-state index contributed by atoms with van der Waals surface area (Å²) in [4.78, 5) is 6.41. The predicted octanol–water partition coefficient (Wildman–Crippen LogP) is 4.42. The molecule has 1 unspecified atom stereocenters. The Morgan fingerprint density at radius 1 is 1.43 bits per heavy atom. The maximum Gasteiger partial charge on any atom is 0.152 e. The van der Waals surface area contributed by atoms with E-state index in [9.17, 15) is 8.78 Å². The molecule has 1 saturated heterocycles. The van der Waals surface area contributed by atoms with Gasteiger partial charge in [0, 0.05) is 24.4 Å². The van der Waals surface area contributed by atoms with Gasteiger partial charge in [-0.15, -0.1) is 0 Å². The topological polar surface area (TPSA) is 27.6 Å². The van der Waals surface area contributed by atoms with Crippen molar-refractivity contribution in [1.29, 1.82) is 0 Å². The first-order valence-electron chi connectivity index (χ1n) is 7.41. The van der Waals surface area contributed by atoms with Crippen LogP contribution in [0.4, 0.5) is 8.78 Å². The highest BCUT2D eigenvalue weighted by atomic mass is 35.5. The third-order valence-corrected chi connectivity index (χ3v) is 4.28. The third kappa shape index (κ3) is 3.55. The molecule has 0 bridgehead atoms. The third-order valence-electron chi connectivity index (χ3n) is 3.90. The molecule has 2 rings (SSSR count). The summed E-state index contributed by atoms with van der Waals surface area (Å²) in [5.41, 5.74) is 1.59. The molecule has 1 aliphatic heterocycles. The Balaban J connectivity index is 2.48.